The summed E-state index contributed by atoms with van der Waals surface area (Å²) in [6.45, 7) is 1.94. The van der Waals surface area contributed by atoms with Crippen LogP contribution in [-0.4, -0.2) is 37.7 Å². The first-order valence-electron chi connectivity index (χ1n) is 8.82. The fraction of sp³-hybridized carbons (Fsp3) is 0.190. The van der Waals surface area contributed by atoms with Gasteiger partial charge < -0.3 is 19.5 Å². The van der Waals surface area contributed by atoms with E-state index >= 15 is 0 Å². The highest BCUT2D eigenvalue weighted by Crippen LogP contribution is 2.39. The SMILES string of the molecule is CCOC(=O)c1c(-c2ccc(OC)c(OC)c2)csc1NC(=O)c1ccccn1. The zero-order chi connectivity index (χ0) is 20.8. The lowest BCUT2D eigenvalue weighted by molar-refractivity contribution is 0.0529. The van der Waals surface area contributed by atoms with Crippen molar-refractivity contribution >= 4 is 28.2 Å². The summed E-state index contributed by atoms with van der Waals surface area (Å²) in [5.41, 5.74) is 1.91. The van der Waals surface area contributed by atoms with Gasteiger partial charge in [-0.1, -0.05) is 12.1 Å². The van der Waals surface area contributed by atoms with E-state index in [1.807, 2.05) is 6.07 Å². The van der Waals surface area contributed by atoms with Crippen LogP contribution in [0.2, 0.25) is 0 Å². The van der Waals surface area contributed by atoms with Crippen molar-refractivity contribution in [3.05, 3.63) is 59.2 Å². The number of ether oxygens (including phenoxy) is 3. The number of aromatic nitrogens is 1. The minimum atomic E-state index is -0.519. The lowest BCUT2D eigenvalue weighted by atomic mass is 10.0. The van der Waals surface area contributed by atoms with Crippen molar-refractivity contribution < 1.29 is 23.8 Å². The van der Waals surface area contributed by atoms with E-state index in [0.29, 0.717) is 22.1 Å². The first kappa shape index (κ1) is 20.3. The molecule has 0 unspecified atom stereocenters. The molecule has 8 heteroatoms. The lowest BCUT2D eigenvalue weighted by Gasteiger charge is -2.11. The van der Waals surface area contributed by atoms with Gasteiger partial charge in [0.05, 0.1) is 20.8 Å². The average molecular weight is 412 g/mol. The van der Waals surface area contributed by atoms with Crippen LogP contribution in [0.3, 0.4) is 0 Å². The van der Waals surface area contributed by atoms with Crippen molar-refractivity contribution in [1.29, 1.82) is 0 Å². The van der Waals surface area contributed by atoms with Gasteiger partial charge in [0.1, 0.15) is 16.3 Å². The van der Waals surface area contributed by atoms with Gasteiger partial charge in [0.25, 0.3) is 5.91 Å². The van der Waals surface area contributed by atoms with Crippen LogP contribution in [0.5, 0.6) is 11.5 Å². The summed E-state index contributed by atoms with van der Waals surface area (Å²) < 4.78 is 15.9. The van der Waals surface area contributed by atoms with Crippen molar-refractivity contribution in [2.45, 2.75) is 6.92 Å². The minimum Gasteiger partial charge on any atom is -0.493 e. The highest BCUT2D eigenvalue weighted by atomic mass is 32.1. The van der Waals surface area contributed by atoms with Crippen LogP contribution in [0.4, 0.5) is 5.00 Å². The topological polar surface area (TPSA) is 86.8 Å². The van der Waals surface area contributed by atoms with E-state index in [1.165, 1.54) is 17.5 Å². The van der Waals surface area contributed by atoms with E-state index < -0.39 is 11.9 Å². The minimum absolute atomic E-state index is 0.216. The highest BCUT2D eigenvalue weighted by Gasteiger charge is 2.24. The van der Waals surface area contributed by atoms with E-state index in [0.717, 1.165) is 5.56 Å². The molecule has 0 saturated heterocycles. The first-order valence-corrected chi connectivity index (χ1v) is 9.70. The quantitative estimate of drug-likeness (QED) is 0.584. The standard InChI is InChI=1S/C21H20N2O5S/c1-4-28-21(25)18-14(13-8-9-16(26-2)17(11-13)27-3)12-29-20(18)23-19(24)15-7-5-6-10-22-15/h5-12H,4H2,1-3H3,(H,23,24). The third-order valence-electron chi connectivity index (χ3n) is 4.09. The van der Waals surface area contributed by atoms with Crippen molar-refractivity contribution in [1.82, 2.24) is 4.98 Å². The van der Waals surface area contributed by atoms with Crippen LogP contribution in [0.15, 0.2) is 48.0 Å². The van der Waals surface area contributed by atoms with E-state index in [9.17, 15) is 9.59 Å². The first-order chi connectivity index (χ1) is 14.1. The normalized spacial score (nSPS) is 10.3. The number of rotatable bonds is 7. The Morgan fingerprint density at radius 3 is 2.55 bits per heavy atom. The van der Waals surface area contributed by atoms with Gasteiger partial charge in [-0.2, -0.15) is 0 Å². The Kier molecular flexibility index (Phi) is 6.46. The van der Waals surface area contributed by atoms with Crippen LogP contribution in [0.1, 0.15) is 27.8 Å². The molecule has 0 atom stereocenters. The molecule has 0 fully saturated rings. The van der Waals surface area contributed by atoms with E-state index in [-0.39, 0.29) is 17.9 Å². The van der Waals surface area contributed by atoms with Crippen molar-refractivity contribution in [3.8, 4) is 22.6 Å². The molecule has 1 N–H and O–H groups in total. The Bertz CT molecular complexity index is 1020. The summed E-state index contributed by atoms with van der Waals surface area (Å²) in [5.74, 6) is 0.185. The molecule has 0 radical (unpaired) electrons. The number of hydrogen-bond acceptors (Lipinski definition) is 7. The molecule has 0 bridgehead atoms. The molecular formula is C21H20N2O5S. The Labute approximate surface area is 172 Å². The molecule has 150 valence electrons. The zero-order valence-corrected chi connectivity index (χ0v) is 17.0. The number of carbonyl (C=O) groups excluding carboxylic acids is 2. The predicted molar refractivity (Wildman–Crippen MR) is 111 cm³/mol. The number of benzene rings is 1. The highest BCUT2D eigenvalue weighted by molar-refractivity contribution is 7.15. The maximum Gasteiger partial charge on any atom is 0.341 e. The van der Waals surface area contributed by atoms with Gasteiger partial charge >= 0.3 is 5.97 Å². The number of esters is 1. The molecule has 3 aromatic rings. The lowest BCUT2D eigenvalue weighted by Crippen LogP contribution is -2.15. The Morgan fingerprint density at radius 2 is 1.90 bits per heavy atom. The van der Waals surface area contributed by atoms with Gasteiger partial charge in [0, 0.05) is 17.1 Å². The van der Waals surface area contributed by atoms with Crippen LogP contribution >= 0.6 is 11.3 Å². The van der Waals surface area contributed by atoms with E-state index in [4.69, 9.17) is 14.2 Å². The predicted octanol–water partition coefficient (Wildman–Crippen LogP) is 4.26. The maximum absolute atomic E-state index is 12.7. The Hall–Kier alpha value is -3.39. The zero-order valence-electron chi connectivity index (χ0n) is 16.2. The fourth-order valence-electron chi connectivity index (χ4n) is 2.74. The molecule has 0 aliphatic carbocycles. The van der Waals surface area contributed by atoms with E-state index in [2.05, 4.69) is 10.3 Å². The third kappa shape index (κ3) is 4.38. The van der Waals surface area contributed by atoms with Crippen molar-refractivity contribution in [3.63, 3.8) is 0 Å². The summed E-state index contributed by atoms with van der Waals surface area (Å²) >= 11 is 1.24. The summed E-state index contributed by atoms with van der Waals surface area (Å²) in [6, 6.07) is 10.4. The summed E-state index contributed by atoms with van der Waals surface area (Å²) in [6.07, 6.45) is 1.53. The molecule has 3 rings (SSSR count). The number of nitrogens with one attached hydrogen (secondary N) is 1. The number of methoxy groups -OCH3 is 2. The number of anilines is 1. The van der Waals surface area contributed by atoms with E-state index in [1.54, 1.807) is 56.9 Å². The van der Waals surface area contributed by atoms with Gasteiger partial charge in [0.15, 0.2) is 11.5 Å². The number of amides is 1. The van der Waals surface area contributed by atoms with Crippen LogP contribution < -0.4 is 14.8 Å². The molecule has 1 aromatic carbocycles. The summed E-state index contributed by atoms with van der Waals surface area (Å²) in [4.78, 5) is 29.2. The molecule has 2 aromatic heterocycles. The molecule has 0 aliphatic heterocycles. The maximum atomic E-state index is 12.7. The molecule has 1 amide bonds. The largest absolute Gasteiger partial charge is 0.493 e. The van der Waals surface area contributed by atoms with Crippen molar-refractivity contribution in [2.75, 3.05) is 26.1 Å². The van der Waals surface area contributed by atoms with Crippen LogP contribution in [0, 0.1) is 0 Å². The molecule has 0 spiro atoms. The third-order valence-corrected chi connectivity index (χ3v) is 4.99. The number of nitrogens with zero attached hydrogens (tertiary/aromatic N) is 1. The molecule has 2 heterocycles. The summed E-state index contributed by atoms with van der Waals surface area (Å²) in [5, 5.41) is 4.95. The average Bonchev–Trinajstić information content (AvgIpc) is 3.17. The molecule has 0 aliphatic rings. The van der Waals surface area contributed by atoms with Crippen LogP contribution in [0.25, 0.3) is 11.1 Å². The van der Waals surface area contributed by atoms with Gasteiger partial charge in [-0.15, -0.1) is 11.3 Å². The van der Waals surface area contributed by atoms with Gasteiger partial charge in [0.2, 0.25) is 0 Å². The molecular weight excluding hydrogens is 392 g/mol. The van der Waals surface area contributed by atoms with Gasteiger partial charge in [-0.25, -0.2) is 4.79 Å². The van der Waals surface area contributed by atoms with Gasteiger partial charge in [-0.3, -0.25) is 9.78 Å². The second-order valence-electron chi connectivity index (χ2n) is 5.81. The Balaban J connectivity index is 2.02. The number of carbonyl (C=O) groups is 2. The fourth-order valence-corrected chi connectivity index (χ4v) is 3.69. The second-order valence-corrected chi connectivity index (χ2v) is 6.69. The van der Waals surface area contributed by atoms with Crippen LogP contribution in [-0.2, 0) is 4.74 Å². The number of hydrogen-bond donors (Lipinski definition) is 1. The second kappa shape index (κ2) is 9.20. The number of thiophene rings is 1. The number of pyridine rings is 1. The smallest absolute Gasteiger partial charge is 0.341 e. The monoisotopic (exact) mass is 412 g/mol. The van der Waals surface area contributed by atoms with Gasteiger partial charge in [-0.05, 0) is 36.8 Å². The molecule has 29 heavy (non-hydrogen) atoms. The molecule has 7 nitrogen and oxygen atoms in total. The summed E-state index contributed by atoms with van der Waals surface area (Å²) in [7, 11) is 3.09. The molecule has 0 saturated carbocycles. The Morgan fingerprint density at radius 1 is 1.10 bits per heavy atom. The van der Waals surface area contributed by atoms with Crippen molar-refractivity contribution in [2.24, 2.45) is 0 Å².